The third-order valence-corrected chi connectivity index (χ3v) is 23.0. The van der Waals surface area contributed by atoms with Crippen molar-refractivity contribution >= 4 is 17.9 Å². The summed E-state index contributed by atoms with van der Waals surface area (Å²) in [7, 11) is 0. The van der Waals surface area contributed by atoms with Gasteiger partial charge in [-0.15, -0.1) is 0 Å². The highest BCUT2D eigenvalue weighted by atomic mass is 16.8. The fourth-order valence-electron chi connectivity index (χ4n) is 16.4. The predicted octanol–water partition coefficient (Wildman–Crippen LogP) is -8.90. The number of aliphatic hydroxyl groups excluding tert-OH is 20. The topological polar surface area (TPSA) is 589 Å². The van der Waals surface area contributed by atoms with Gasteiger partial charge in [0, 0.05) is 18.8 Å². The Labute approximate surface area is 591 Å². The number of carbonyl (C=O) groups excluding carboxylic acids is 3. The van der Waals surface area contributed by atoms with Gasteiger partial charge >= 0.3 is 17.9 Å². The van der Waals surface area contributed by atoms with Gasteiger partial charge < -0.3 is 168 Å². The summed E-state index contributed by atoms with van der Waals surface area (Å²) in [6, 6.07) is 0. The molecular formula is C66H107O37+. The second-order valence-electron chi connectivity index (χ2n) is 30.1. The van der Waals surface area contributed by atoms with Crippen molar-refractivity contribution in [1.82, 2.24) is 0 Å². The average molecular weight is 1490 g/mol. The van der Waals surface area contributed by atoms with Gasteiger partial charge in [-0.1, -0.05) is 0 Å². The zero-order chi connectivity index (χ0) is 74.2. The van der Waals surface area contributed by atoms with E-state index < -0.39 is 295 Å². The largest absolute Gasteiger partial charge is 0.463 e. The molecule has 0 aromatic heterocycles. The minimum Gasteiger partial charge on any atom is -0.463 e. The van der Waals surface area contributed by atoms with Gasteiger partial charge in [-0.05, 0) is 103 Å². The Balaban J connectivity index is 0.618. The van der Waals surface area contributed by atoms with Crippen molar-refractivity contribution in [2.24, 2.45) is 29.6 Å². The highest BCUT2D eigenvalue weighted by molar-refractivity contribution is 5.73. The van der Waals surface area contributed by atoms with Gasteiger partial charge in [0.1, 0.15) is 148 Å². The van der Waals surface area contributed by atoms with Gasteiger partial charge in [0.05, 0.1) is 79.1 Å². The molecular weight excluding hydrogens is 1380 g/mol. The van der Waals surface area contributed by atoms with Gasteiger partial charge in [-0.25, -0.2) is 0 Å². The molecule has 592 valence electrons. The molecule has 0 aromatic carbocycles. The molecule has 6 heterocycles. The van der Waals surface area contributed by atoms with Crippen molar-refractivity contribution < 1.29 is 183 Å². The second-order valence-corrected chi connectivity index (χ2v) is 30.1. The predicted molar refractivity (Wildman–Crippen MR) is 333 cm³/mol. The zero-order valence-electron chi connectivity index (χ0n) is 56.9. The summed E-state index contributed by atoms with van der Waals surface area (Å²) in [6.07, 6.45) is -47.7. The SMILES string of the molecule is CC1OC(OCC2OC(OC3CC4C(O)CC(OC5OC(COC(=O)C6CCC(OC7OC(COC(=O)C8CCC(OC9OC(COC(=O)C%10CCC(O)CC%10)C(O)C(O)C9O)CC8)C(O)C(O)C7O)CC6)C(O)C(O)C5O)CC4[OH+]C3C3CC(O)C(O)C(O)C3)C(O)C(O)C2O)C(O)C(O)C1O. The summed E-state index contributed by atoms with van der Waals surface area (Å²) >= 11 is 0. The van der Waals surface area contributed by atoms with E-state index in [1.54, 1.807) is 0 Å². The molecule has 37 heteroatoms. The lowest BCUT2D eigenvalue weighted by atomic mass is 9.72. The first kappa shape index (κ1) is 81.2. The number of carbonyl (C=O) groups is 3. The monoisotopic (exact) mass is 1490 g/mol. The molecule has 33 unspecified atom stereocenters. The fourth-order valence-corrected chi connectivity index (χ4v) is 16.4. The summed E-state index contributed by atoms with van der Waals surface area (Å²) in [6.45, 7) is -0.723. The Bertz CT molecular complexity index is 2670. The standard InChI is InChI=1S/C66H106O37/c1-23-42(71)48(77)53(82)62(94-23)93-22-41-47(76)52(81)57(86)66(103-41)99-37-18-32-33(68)16-31(17-36(32)98-58(37)27-14-34(69)43(72)35(70)15-27)97-65-56(85)51(80)46(75)40(102-65)21-92-61(89)26-6-12-30(13-7-26)96-64-55(84)50(79)45(74)39(101-64)20-91-60(88)25-4-10-29(11-5-25)95-63-54(83)49(78)44(73)38(100-63)19-90-59(87)24-2-8-28(67)9-3-24/h23-58,62-86H,2-22H2,1H3/p+1. The second kappa shape index (κ2) is 35.5. The van der Waals surface area contributed by atoms with Crippen molar-refractivity contribution in [1.29, 1.82) is 0 Å². The first-order valence-corrected chi connectivity index (χ1v) is 36.3. The Morgan fingerprint density at radius 1 is 0.340 bits per heavy atom. The summed E-state index contributed by atoms with van der Waals surface area (Å²) < 4.78 is 80.9. The van der Waals surface area contributed by atoms with E-state index in [0.29, 0.717) is 25.7 Å². The molecule has 6 aliphatic heterocycles. The molecule has 0 amide bonds. The van der Waals surface area contributed by atoms with E-state index in [1.165, 1.54) is 6.92 Å². The van der Waals surface area contributed by atoms with E-state index in [1.807, 2.05) is 0 Å². The van der Waals surface area contributed by atoms with E-state index in [2.05, 4.69) is 0 Å². The zero-order valence-corrected chi connectivity index (χ0v) is 56.9. The lowest BCUT2D eigenvalue weighted by molar-refractivity contribution is -0.367. The first-order valence-electron chi connectivity index (χ1n) is 36.3. The van der Waals surface area contributed by atoms with Crippen molar-refractivity contribution in [3.8, 4) is 0 Å². The molecule has 0 spiro atoms. The highest BCUT2D eigenvalue weighted by Gasteiger charge is 2.58. The smallest absolute Gasteiger partial charge is 0.309 e. The highest BCUT2D eigenvalue weighted by Crippen LogP contribution is 2.45. The number of aliphatic hydroxyl groups is 22. The number of esters is 3. The molecule has 0 aromatic rings. The summed E-state index contributed by atoms with van der Waals surface area (Å²) in [4.78, 5) is 39.6. The minimum absolute atomic E-state index is 0.00426. The maximum atomic E-state index is 13.6. The van der Waals surface area contributed by atoms with E-state index >= 15 is 0 Å². The molecule has 37 nitrogen and oxygen atoms in total. The van der Waals surface area contributed by atoms with Gasteiger partial charge in [0.15, 0.2) is 43.7 Å². The number of rotatable bonds is 21. The molecule has 103 heavy (non-hydrogen) atoms. The van der Waals surface area contributed by atoms with Crippen molar-refractivity contribution in [2.45, 2.75) is 337 Å². The first-order chi connectivity index (χ1) is 48.9. The van der Waals surface area contributed by atoms with Gasteiger partial charge in [-0.3, -0.25) is 14.4 Å². The minimum atomic E-state index is -1.89. The van der Waals surface area contributed by atoms with Gasteiger partial charge in [0.2, 0.25) is 0 Å². The van der Waals surface area contributed by atoms with E-state index in [9.17, 15) is 117 Å². The van der Waals surface area contributed by atoms with Crippen LogP contribution in [0.2, 0.25) is 0 Å². The third-order valence-electron chi connectivity index (χ3n) is 23.0. The molecule has 11 rings (SSSR count). The molecule has 33 atom stereocenters. The summed E-state index contributed by atoms with van der Waals surface area (Å²) in [5, 5.41) is 216. The average Bonchev–Trinajstić information content (AvgIpc) is 0.761. The van der Waals surface area contributed by atoms with E-state index in [4.69, 9.17) is 66.3 Å². The Kier molecular flexibility index (Phi) is 27.9. The quantitative estimate of drug-likeness (QED) is 0.0288. The van der Waals surface area contributed by atoms with Crippen LogP contribution < -0.4 is 0 Å². The summed E-state index contributed by atoms with van der Waals surface area (Å²) in [5.74, 6) is -5.06. The van der Waals surface area contributed by atoms with Crippen LogP contribution >= 0.6 is 0 Å². The van der Waals surface area contributed by atoms with E-state index in [0.717, 1.165) is 0 Å². The fraction of sp³-hybridized carbons (Fsp3) is 0.955. The van der Waals surface area contributed by atoms with Gasteiger partial charge in [-0.2, -0.15) is 0 Å². The van der Waals surface area contributed by atoms with Crippen LogP contribution in [0.3, 0.4) is 0 Å². The van der Waals surface area contributed by atoms with Crippen LogP contribution in [0.1, 0.15) is 116 Å². The maximum absolute atomic E-state index is 13.6. The maximum Gasteiger partial charge on any atom is 0.309 e. The number of ether oxygens (including phenoxy) is 14. The van der Waals surface area contributed by atoms with Crippen LogP contribution in [0.4, 0.5) is 0 Å². The van der Waals surface area contributed by atoms with Crippen LogP contribution in [0, 0.1) is 29.6 Å². The molecule has 0 radical (unpaired) electrons. The molecule has 5 aliphatic carbocycles. The lowest BCUT2D eigenvalue weighted by Gasteiger charge is -2.49. The number of hydrogen-bond acceptors (Lipinski definition) is 36. The molecule has 11 fully saturated rings. The lowest BCUT2D eigenvalue weighted by Crippen LogP contribution is -2.64. The van der Waals surface area contributed by atoms with Crippen molar-refractivity contribution in [3.63, 3.8) is 0 Å². The Morgan fingerprint density at radius 2 is 0.699 bits per heavy atom. The Morgan fingerprint density at radius 3 is 1.12 bits per heavy atom. The normalized spacial score (nSPS) is 50.8. The molecule has 11 aliphatic rings. The van der Waals surface area contributed by atoms with Crippen LogP contribution in [-0.2, 0) is 76.0 Å². The van der Waals surface area contributed by atoms with Crippen LogP contribution in [0.15, 0.2) is 0 Å². The Hall–Kier alpha value is -2.83. The number of hydrogen-bond donors (Lipinski definition) is 20. The molecule has 5 saturated carbocycles. The van der Waals surface area contributed by atoms with Crippen molar-refractivity contribution in [3.05, 3.63) is 0 Å². The van der Waals surface area contributed by atoms with Crippen LogP contribution in [-0.4, -0.2) is 372 Å². The number of fused-ring (bicyclic) bond motifs is 1. The molecule has 21 N–H and O–H groups in total. The van der Waals surface area contributed by atoms with Crippen LogP contribution in [0.25, 0.3) is 0 Å². The molecule has 0 bridgehead atoms. The summed E-state index contributed by atoms with van der Waals surface area (Å²) in [5.41, 5.74) is 0. The van der Waals surface area contributed by atoms with Crippen LogP contribution in [0.5, 0.6) is 0 Å². The molecule has 6 saturated heterocycles. The van der Waals surface area contributed by atoms with Crippen molar-refractivity contribution in [2.75, 3.05) is 26.4 Å². The van der Waals surface area contributed by atoms with Gasteiger partial charge in [0.25, 0.3) is 0 Å². The van der Waals surface area contributed by atoms with E-state index in [-0.39, 0.29) is 83.5 Å². The third kappa shape index (κ3) is 18.8.